The lowest BCUT2D eigenvalue weighted by atomic mass is 10.0. The van der Waals surface area contributed by atoms with Gasteiger partial charge in [-0.3, -0.25) is 0 Å². The molecule has 1 aliphatic heterocycles. The lowest BCUT2D eigenvalue weighted by Gasteiger charge is -2.13. The average Bonchev–Trinajstić information content (AvgIpc) is 2.76. The minimum atomic E-state index is 0.453. The van der Waals surface area contributed by atoms with Crippen molar-refractivity contribution in [1.29, 1.82) is 0 Å². The van der Waals surface area contributed by atoms with Gasteiger partial charge in [0.1, 0.15) is 0 Å². The van der Waals surface area contributed by atoms with Gasteiger partial charge >= 0.3 is 0 Å². The molecule has 2 N–H and O–H groups in total. The zero-order chi connectivity index (χ0) is 8.55. The van der Waals surface area contributed by atoms with E-state index in [1.54, 1.807) is 0 Å². The molecule has 0 aromatic carbocycles. The van der Waals surface area contributed by atoms with Gasteiger partial charge in [0.05, 0.1) is 0 Å². The molecule has 2 unspecified atom stereocenters. The monoisotopic (exact) mass is 168 g/mol. The first kappa shape index (κ1) is 8.52. The van der Waals surface area contributed by atoms with Gasteiger partial charge in [-0.15, -0.1) is 0 Å². The Morgan fingerprint density at radius 3 is 2.58 bits per heavy atom. The van der Waals surface area contributed by atoms with Gasteiger partial charge in [0.15, 0.2) is 0 Å². The van der Waals surface area contributed by atoms with Gasteiger partial charge < -0.3 is 10.6 Å². The summed E-state index contributed by atoms with van der Waals surface area (Å²) in [5.74, 6) is 1.79. The van der Waals surface area contributed by atoms with Crippen LogP contribution in [-0.2, 0) is 0 Å². The topological polar surface area (TPSA) is 29.3 Å². The van der Waals surface area contributed by atoms with Crippen molar-refractivity contribution in [1.82, 2.24) is 4.90 Å². The molecule has 2 nitrogen and oxygen atoms in total. The fourth-order valence-corrected chi connectivity index (χ4v) is 2.24. The van der Waals surface area contributed by atoms with Crippen LogP contribution in [0.4, 0.5) is 0 Å². The number of hydrogen-bond acceptors (Lipinski definition) is 2. The van der Waals surface area contributed by atoms with Gasteiger partial charge in [0.2, 0.25) is 0 Å². The Hall–Kier alpha value is -0.0800. The minimum Gasteiger partial charge on any atom is -0.326 e. The Labute approximate surface area is 75.1 Å². The Bertz CT molecular complexity index is 154. The predicted octanol–water partition coefficient (Wildman–Crippen LogP) is 1.07. The third-order valence-corrected chi connectivity index (χ3v) is 3.30. The molecule has 0 aromatic heterocycles. The molecule has 2 aliphatic rings. The summed E-state index contributed by atoms with van der Waals surface area (Å²) in [5, 5.41) is 0. The number of rotatable bonds is 3. The van der Waals surface area contributed by atoms with Crippen molar-refractivity contribution >= 4 is 0 Å². The van der Waals surface area contributed by atoms with Crippen LogP contribution in [0.2, 0.25) is 0 Å². The molecular formula is C10H20N2. The molecule has 0 amide bonds. The molecule has 0 bridgehead atoms. The molecule has 0 aromatic rings. The highest BCUT2D eigenvalue weighted by Crippen LogP contribution is 2.31. The molecule has 2 rings (SSSR count). The molecule has 2 atom stereocenters. The lowest BCUT2D eigenvalue weighted by Crippen LogP contribution is -2.29. The summed E-state index contributed by atoms with van der Waals surface area (Å²) in [6.07, 6.45) is 4.17. The fourth-order valence-electron chi connectivity index (χ4n) is 2.24. The van der Waals surface area contributed by atoms with Crippen LogP contribution in [-0.4, -0.2) is 30.6 Å². The number of nitrogens with zero attached hydrogens (tertiary/aromatic N) is 1. The molecular weight excluding hydrogens is 148 g/mol. The Balaban J connectivity index is 1.78. The summed E-state index contributed by atoms with van der Waals surface area (Å²) < 4.78 is 0. The van der Waals surface area contributed by atoms with Crippen molar-refractivity contribution in [3.63, 3.8) is 0 Å². The maximum atomic E-state index is 6.03. The van der Waals surface area contributed by atoms with Crippen LogP contribution >= 0.6 is 0 Å². The van der Waals surface area contributed by atoms with Gasteiger partial charge in [-0.05, 0) is 24.7 Å². The van der Waals surface area contributed by atoms with Crippen LogP contribution in [0.3, 0.4) is 0 Å². The molecule has 1 heterocycles. The molecule has 70 valence electrons. The van der Waals surface area contributed by atoms with Crippen LogP contribution < -0.4 is 5.73 Å². The quantitative estimate of drug-likeness (QED) is 0.683. The fraction of sp³-hybridized carbons (Fsp3) is 1.00. The van der Waals surface area contributed by atoms with E-state index in [4.69, 9.17) is 5.73 Å². The Morgan fingerprint density at radius 1 is 1.33 bits per heavy atom. The van der Waals surface area contributed by atoms with E-state index in [2.05, 4.69) is 11.8 Å². The van der Waals surface area contributed by atoms with Gasteiger partial charge in [-0.1, -0.05) is 13.3 Å². The van der Waals surface area contributed by atoms with Gasteiger partial charge in [-0.2, -0.15) is 0 Å². The molecule has 1 aliphatic carbocycles. The van der Waals surface area contributed by atoms with Crippen LogP contribution in [0.5, 0.6) is 0 Å². The van der Waals surface area contributed by atoms with Crippen molar-refractivity contribution in [3.05, 3.63) is 0 Å². The van der Waals surface area contributed by atoms with Crippen molar-refractivity contribution in [3.8, 4) is 0 Å². The number of nitrogens with two attached hydrogens (primary N) is 1. The first-order valence-corrected chi connectivity index (χ1v) is 5.27. The van der Waals surface area contributed by atoms with E-state index in [9.17, 15) is 0 Å². The maximum absolute atomic E-state index is 6.03. The summed E-state index contributed by atoms with van der Waals surface area (Å²) in [6, 6.07) is 0.453. The van der Waals surface area contributed by atoms with Crippen molar-refractivity contribution in [2.45, 2.75) is 32.2 Å². The standard InChI is InChI=1S/C10H20N2/c1-2-9-6-12(7-10(9)11)5-8-3-4-8/h8-10H,2-7,11H2,1H3. The zero-order valence-corrected chi connectivity index (χ0v) is 8.00. The van der Waals surface area contributed by atoms with Gasteiger partial charge in [0, 0.05) is 25.7 Å². The average molecular weight is 168 g/mol. The van der Waals surface area contributed by atoms with Crippen LogP contribution in [0.1, 0.15) is 26.2 Å². The van der Waals surface area contributed by atoms with Crippen molar-refractivity contribution in [2.24, 2.45) is 17.6 Å². The zero-order valence-electron chi connectivity index (χ0n) is 8.00. The predicted molar refractivity (Wildman–Crippen MR) is 50.9 cm³/mol. The number of hydrogen-bond donors (Lipinski definition) is 1. The van der Waals surface area contributed by atoms with E-state index >= 15 is 0 Å². The van der Waals surface area contributed by atoms with Crippen LogP contribution in [0, 0.1) is 11.8 Å². The van der Waals surface area contributed by atoms with E-state index < -0.39 is 0 Å². The van der Waals surface area contributed by atoms with Gasteiger partial charge in [0.25, 0.3) is 0 Å². The largest absolute Gasteiger partial charge is 0.326 e. The second-order valence-electron chi connectivity index (χ2n) is 4.49. The van der Waals surface area contributed by atoms with Crippen molar-refractivity contribution in [2.75, 3.05) is 19.6 Å². The second-order valence-corrected chi connectivity index (χ2v) is 4.49. The highest BCUT2D eigenvalue weighted by atomic mass is 15.2. The summed E-state index contributed by atoms with van der Waals surface area (Å²) in [6.45, 7) is 5.98. The van der Waals surface area contributed by atoms with Crippen LogP contribution in [0.25, 0.3) is 0 Å². The van der Waals surface area contributed by atoms with E-state index in [0.717, 1.165) is 18.4 Å². The highest BCUT2D eigenvalue weighted by Gasteiger charge is 2.32. The van der Waals surface area contributed by atoms with E-state index in [0.29, 0.717) is 6.04 Å². The molecule has 2 fully saturated rings. The normalized spacial score (nSPS) is 37.5. The molecule has 1 saturated heterocycles. The summed E-state index contributed by atoms with van der Waals surface area (Å²) >= 11 is 0. The first-order valence-electron chi connectivity index (χ1n) is 5.27. The Kier molecular flexibility index (Phi) is 2.37. The van der Waals surface area contributed by atoms with E-state index in [1.807, 2.05) is 0 Å². The van der Waals surface area contributed by atoms with Gasteiger partial charge in [-0.25, -0.2) is 0 Å². The maximum Gasteiger partial charge on any atom is 0.0208 e. The lowest BCUT2D eigenvalue weighted by molar-refractivity contribution is 0.309. The summed E-state index contributed by atoms with van der Waals surface area (Å²) in [4.78, 5) is 2.57. The smallest absolute Gasteiger partial charge is 0.0208 e. The van der Waals surface area contributed by atoms with E-state index in [-0.39, 0.29) is 0 Å². The molecule has 2 heteroatoms. The molecule has 12 heavy (non-hydrogen) atoms. The van der Waals surface area contributed by atoms with Crippen molar-refractivity contribution < 1.29 is 0 Å². The second kappa shape index (κ2) is 3.35. The SMILES string of the molecule is CCC1CN(CC2CC2)CC1N. The van der Waals surface area contributed by atoms with E-state index in [1.165, 1.54) is 32.4 Å². The van der Waals surface area contributed by atoms with Crippen LogP contribution in [0.15, 0.2) is 0 Å². The molecule has 0 radical (unpaired) electrons. The molecule has 0 spiro atoms. The third kappa shape index (κ3) is 1.80. The third-order valence-electron chi connectivity index (χ3n) is 3.30. The first-order chi connectivity index (χ1) is 5.79. The molecule has 1 saturated carbocycles. The summed E-state index contributed by atoms with van der Waals surface area (Å²) in [7, 11) is 0. The summed E-state index contributed by atoms with van der Waals surface area (Å²) in [5.41, 5.74) is 6.03. The Morgan fingerprint density at radius 2 is 2.08 bits per heavy atom. The highest BCUT2D eigenvalue weighted by molar-refractivity contribution is 4.88. The number of likely N-dealkylation sites (tertiary alicyclic amines) is 1. The minimum absolute atomic E-state index is 0.453.